The average Bonchev–Trinajstić information content (AvgIpc) is 2.97. The minimum absolute atomic E-state index is 0.0212. The third kappa shape index (κ3) is 3.05. The molecule has 1 aliphatic rings. The van der Waals surface area contributed by atoms with Crippen LogP contribution in [0.3, 0.4) is 0 Å². The summed E-state index contributed by atoms with van der Waals surface area (Å²) in [5, 5.41) is 0. The number of aromatic nitrogens is 1. The second kappa shape index (κ2) is 5.95. The molecule has 4 heteroatoms. The van der Waals surface area contributed by atoms with Gasteiger partial charge in [0.25, 0.3) is 5.91 Å². The van der Waals surface area contributed by atoms with Gasteiger partial charge in [-0.2, -0.15) is 0 Å². The Kier molecular flexibility index (Phi) is 3.86. The van der Waals surface area contributed by atoms with Crippen molar-refractivity contribution >= 4 is 5.91 Å². The van der Waals surface area contributed by atoms with Gasteiger partial charge in [0, 0.05) is 30.8 Å². The van der Waals surface area contributed by atoms with E-state index in [1.54, 1.807) is 6.20 Å². The zero-order valence-corrected chi connectivity index (χ0v) is 12.0. The summed E-state index contributed by atoms with van der Waals surface area (Å²) < 4.78 is 5.82. The molecule has 1 saturated heterocycles. The molecule has 0 N–H and O–H groups in total. The number of benzene rings is 1. The van der Waals surface area contributed by atoms with E-state index in [4.69, 9.17) is 4.74 Å². The molecule has 0 spiro atoms. The maximum Gasteiger partial charge on any atom is 0.254 e. The second-order valence-electron chi connectivity index (χ2n) is 5.26. The lowest BCUT2D eigenvalue weighted by Crippen LogP contribution is -2.31. The molecule has 1 unspecified atom stereocenters. The van der Waals surface area contributed by atoms with E-state index in [2.05, 4.69) is 4.98 Å². The molecule has 1 aromatic carbocycles. The number of pyridine rings is 1. The Morgan fingerprint density at radius 3 is 2.81 bits per heavy atom. The fraction of sp³-hybridized carbons (Fsp3) is 0.294. The van der Waals surface area contributed by atoms with Gasteiger partial charge in [0.15, 0.2) is 0 Å². The first-order valence-electron chi connectivity index (χ1n) is 7.16. The molecule has 108 valence electrons. The number of hydrogen-bond acceptors (Lipinski definition) is 3. The molecule has 1 aromatic heterocycles. The van der Waals surface area contributed by atoms with E-state index in [0.717, 1.165) is 24.1 Å². The van der Waals surface area contributed by atoms with Gasteiger partial charge in [-0.15, -0.1) is 0 Å². The Hall–Kier alpha value is -2.36. The Morgan fingerprint density at radius 2 is 2.05 bits per heavy atom. The molecule has 0 bridgehead atoms. The van der Waals surface area contributed by atoms with Crippen molar-refractivity contribution in [1.29, 1.82) is 0 Å². The minimum atomic E-state index is 0.0212. The maximum absolute atomic E-state index is 12.5. The molecule has 2 heterocycles. The first-order chi connectivity index (χ1) is 10.2. The smallest absolute Gasteiger partial charge is 0.254 e. The first kappa shape index (κ1) is 13.6. The Labute approximate surface area is 124 Å². The summed E-state index contributed by atoms with van der Waals surface area (Å²) in [6.07, 6.45) is 2.57. The minimum Gasteiger partial charge on any atom is -0.472 e. The monoisotopic (exact) mass is 282 g/mol. The lowest BCUT2D eigenvalue weighted by atomic mass is 10.1. The van der Waals surface area contributed by atoms with Crippen LogP contribution in [-0.2, 0) is 0 Å². The average molecular weight is 282 g/mol. The van der Waals surface area contributed by atoms with Crippen LogP contribution >= 0.6 is 0 Å². The van der Waals surface area contributed by atoms with Crippen LogP contribution in [0.4, 0.5) is 0 Å². The van der Waals surface area contributed by atoms with Crippen molar-refractivity contribution in [3.8, 4) is 5.88 Å². The predicted octanol–water partition coefficient (Wildman–Crippen LogP) is 2.68. The van der Waals surface area contributed by atoms with Gasteiger partial charge >= 0.3 is 0 Å². The Balaban J connectivity index is 1.65. The molecule has 1 atom stereocenters. The van der Waals surface area contributed by atoms with Crippen LogP contribution in [0.5, 0.6) is 5.88 Å². The summed E-state index contributed by atoms with van der Waals surface area (Å²) in [5.74, 6) is 0.702. The van der Waals surface area contributed by atoms with E-state index >= 15 is 0 Å². The number of amides is 1. The molecule has 1 amide bonds. The summed E-state index contributed by atoms with van der Waals surface area (Å²) >= 11 is 0. The van der Waals surface area contributed by atoms with E-state index < -0.39 is 0 Å². The fourth-order valence-electron chi connectivity index (χ4n) is 2.58. The van der Waals surface area contributed by atoms with Crippen molar-refractivity contribution in [2.75, 3.05) is 13.1 Å². The molecule has 0 radical (unpaired) electrons. The van der Waals surface area contributed by atoms with E-state index in [9.17, 15) is 4.79 Å². The first-order valence-corrected chi connectivity index (χ1v) is 7.16. The molecule has 2 aromatic rings. The van der Waals surface area contributed by atoms with Crippen LogP contribution in [-0.4, -0.2) is 35.0 Å². The van der Waals surface area contributed by atoms with Gasteiger partial charge in [0.05, 0.1) is 6.54 Å². The van der Waals surface area contributed by atoms with Gasteiger partial charge in [-0.05, 0) is 24.6 Å². The number of rotatable bonds is 3. The largest absolute Gasteiger partial charge is 0.472 e. The molecule has 3 rings (SSSR count). The van der Waals surface area contributed by atoms with Crippen LogP contribution in [0, 0.1) is 6.92 Å². The zero-order chi connectivity index (χ0) is 14.7. The van der Waals surface area contributed by atoms with Crippen LogP contribution in [0.25, 0.3) is 0 Å². The summed E-state index contributed by atoms with van der Waals surface area (Å²) in [6.45, 7) is 3.31. The van der Waals surface area contributed by atoms with Gasteiger partial charge in [0.2, 0.25) is 5.88 Å². The summed E-state index contributed by atoms with van der Waals surface area (Å²) in [7, 11) is 0. The molecule has 21 heavy (non-hydrogen) atoms. The molecule has 1 fully saturated rings. The van der Waals surface area contributed by atoms with Crippen molar-refractivity contribution in [2.45, 2.75) is 19.4 Å². The maximum atomic E-state index is 12.5. The molecular formula is C17H18N2O2. The lowest BCUT2D eigenvalue weighted by Gasteiger charge is -2.18. The fourth-order valence-corrected chi connectivity index (χ4v) is 2.58. The Morgan fingerprint density at radius 1 is 1.24 bits per heavy atom. The van der Waals surface area contributed by atoms with Crippen LogP contribution in [0.1, 0.15) is 22.3 Å². The van der Waals surface area contributed by atoms with Gasteiger partial charge in [-0.1, -0.05) is 24.3 Å². The van der Waals surface area contributed by atoms with E-state index in [1.165, 1.54) is 0 Å². The quantitative estimate of drug-likeness (QED) is 0.869. The number of aryl methyl sites for hydroxylation is 1. The highest BCUT2D eigenvalue weighted by molar-refractivity contribution is 5.95. The summed E-state index contributed by atoms with van der Waals surface area (Å²) in [6, 6.07) is 13.3. The molecule has 4 nitrogen and oxygen atoms in total. The van der Waals surface area contributed by atoms with Gasteiger partial charge < -0.3 is 9.64 Å². The molecule has 1 aliphatic heterocycles. The van der Waals surface area contributed by atoms with Gasteiger partial charge in [-0.25, -0.2) is 4.98 Å². The van der Waals surface area contributed by atoms with Gasteiger partial charge in [0.1, 0.15) is 6.10 Å². The SMILES string of the molecule is Cc1ccccc1C(=O)N1CCC(Oc2ccccn2)C1. The number of hydrogen-bond donors (Lipinski definition) is 0. The van der Waals surface area contributed by atoms with Crippen LogP contribution in [0.2, 0.25) is 0 Å². The van der Waals surface area contributed by atoms with E-state index in [0.29, 0.717) is 12.4 Å². The number of nitrogens with zero attached hydrogens (tertiary/aromatic N) is 2. The van der Waals surface area contributed by atoms with E-state index in [1.807, 2.05) is 54.3 Å². The van der Waals surface area contributed by atoms with Crippen molar-refractivity contribution in [1.82, 2.24) is 9.88 Å². The number of ether oxygens (including phenoxy) is 1. The topological polar surface area (TPSA) is 42.4 Å². The number of likely N-dealkylation sites (tertiary alicyclic amines) is 1. The third-order valence-electron chi connectivity index (χ3n) is 3.73. The third-order valence-corrected chi connectivity index (χ3v) is 3.73. The molecule has 0 aliphatic carbocycles. The summed E-state index contributed by atoms with van der Waals surface area (Å²) in [4.78, 5) is 18.5. The zero-order valence-electron chi connectivity index (χ0n) is 12.0. The normalized spacial score (nSPS) is 17.8. The molecule has 0 saturated carbocycles. The lowest BCUT2D eigenvalue weighted by molar-refractivity contribution is 0.0770. The van der Waals surface area contributed by atoms with Gasteiger partial charge in [-0.3, -0.25) is 4.79 Å². The summed E-state index contributed by atoms with van der Waals surface area (Å²) in [5.41, 5.74) is 1.78. The number of carbonyl (C=O) groups is 1. The highest BCUT2D eigenvalue weighted by atomic mass is 16.5. The van der Waals surface area contributed by atoms with E-state index in [-0.39, 0.29) is 12.0 Å². The predicted molar refractivity (Wildman–Crippen MR) is 80.4 cm³/mol. The second-order valence-corrected chi connectivity index (χ2v) is 5.26. The van der Waals surface area contributed by atoms with Crippen molar-refractivity contribution in [2.24, 2.45) is 0 Å². The molecular weight excluding hydrogens is 264 g/mol. The van der Waals surface area contributed by atoms with Crippen LogP contribution < -0.4 is 4.74 Å². The Bertz CT molecular complexity index is 628. The highest BCUT2D eigenvalue weighted by Crippen LogP contribution is 2.19. The van der Waals surface area contributed by atoms with Crippen molar-refractivity contribution in [3.05, 3.63) is 59.8 Å². The van der Waals surface area contributed by atoms with Crippen LogP contribution in [0.15, 0.2) is 48.7 Å². The standard InChI is InChI=1S/C17H18N2O2/c1-13-6-2-3-7-15(13)17(20)19-11-9-14(12-19)21-16-8-4-5-10-18-16/h2-8,10,14H,9,11-12H2,1H3. The number of carbonyl (C=O) groups excluding carboxylic acids is 1. The highest BCUT2D eigenvalue weighted by Gasteiger charge is 2.28. The van der Waals surface area contributed by atoms with Crippen molar-refractivity contribution in [3.63, 3.8) is 0 Å². The van der Waals surface area contributed by atoms with Crippen molar-refractivity contribution < 1.29 is 9.53 Å².